The van der Waals surface area contributed by atoms with Crippen LogP contribution in [0.5, 0.6) is 0 Å². The van der Waals surface area contributed by atoms with Crippen molar-refractivity contribution in [2.75, 3.05) is 0 Å². The zero-order valence-electron chi connectivity index (χ0n) is 4.53. The number of hydrogen-bond donors (Lipinski definition) is 0. The second kappa shape index (κ2) is 1.89. The second-order valence-corrected chi connectivity index (χ2v) is 1.53. The number of nitro groups is 1. The minimum absolute atomic E-state index is 0.0556. The molecule has 0 saturated heterocycles. The van der Waals surface area contributed by atoms with Crippen molar-refractivity contribution in [2.24, 2.45) is 0 Å². The normalized spacial score (nSPS) is 9.44. The summed E-state index contributed by atoms with van der Waals surface area (Å²) in [5.74, 6) is 0.307. The van der Waals surface area contributed by atoms with Gasteiger partial charge < -0.3 is 4.42 Å². The lowest BCUT2D eigenvalue weighted by Crippen LogP contribution is -1.82. The first-order valence-electron chi connectivity index (χ1n) is 2.25. The van der Waals surface area contributed by atoms with Crippen LogP contribution in [0.25, 0.3) is 0 Å². The fourth-order valence-corrected chi connectivity index (χ4v) is 0.465. The predicted octanol–water partition coefficient (Wildman–Crippen LogP) is 1.37. The summed E-state index contributed by atoms with van der Waals surface area (Å²) in [6.45, 7) is 3.35. The maximum atomic E-state index is 9.93. The molecular weight excluding hydrogens is 122 g/mol. The molecule has 9 heavy (non-hydrogen) atoms. The smallest absolute Gasteiger partial charge is 0.307 e. The van der Waals surface area contributed by atoms with Gasteiger partial charge >= 0.3 is 5.69 Å². The first kappa shape index (κ1) is 5.81. The molecule has 1 radical (unpaired) electrons. The molecule has 0 atom stereocenters. The van der Waals surface area contributed by atoms with Gasteiger partial charge in [0, 0.05) is 6.92 Å². The molecule has 1 heterocycles. The summed E-state index contributed by atoms with van der Waals surface area (Å²) < 4.78 is 4.57. The number of rotatable bonds is 1. The van der Waals surface area contributed by atoms with Crippen LogP contribution in [-0.4, -0.2) is 4.92 Å². The highest BCUT2D eigenvalue weighted by Crippen LogP contribution is 2.13. The fraction of sp³-hybridized carbons (Fsp3) is 0. The number of hydrogen-bond acceptors (Lipinski definition) is 3. The Bertz CT molecular complexity index is 228. The van der Waals surface area contributed by atoms with Crippen LogP contribution in [0.2, 0.25) is 0 Å². The molecule has 0 bridgehead atoms. The van der Waals surface area contributed by atoms with Gasteiger partial charge in [0.15, 0.2) is 6.26 Å². The maximum Gasteiger partial charge on any atom is 0.307 e. The number of nitrogens with zero attached hydrogens (tertiary/aromatic N) is 1. The van der Waals surface area contributed by atoms with E-state index in [0.717, 1.165) is 6.26 Å². The van der Waals surface area contributed by atoms with Crippen LogP contribution >= 0.6 is 0 Å². The van der Waals surface area contributed by atoms with E-state index in [0.29, 0.717) is 5.76 Å². The predicted molar refractivity (Wildman–Crippen MR) is 29.8 cm³/mol. The molecule has 0 saturated carbocycles. The first-order chi connectivity index (χ1) is 4.20. The summed E-state index contributed by atoms with van der Waals surface area (Å²) in [5, 5.41) is 9.93. The zero-order chi connectivity index (χ0) is 6.85. The maximum absolute atomic E-state index is 9.93. The molecule has 0 aromatic carbocycles. The molecule has 4 heteroatoms. The molecule has 1 aromatic heterocycles. The van der Waals surface area contributed by atoms with Gasteiger partial charge in [-0.1, -0.05) is 0 Å². The van der Waals surface area contributed by atoms with Crippen molar-refractivity contribution in [2.45, 2.75) is 0 Å². The quantitative estimate of drug-likeness (QED) is 0.421. The largest absolute Gasteiger partial charge is 0.462 e. The van der Waals surface area contributed by atoms with Gasteiger partial charge in [-0.2, -0.15) is 0 Å². The lowest BCUT2D eigenvalue weighted by atomic mass is 10.5. The summed E-state index contributed by atoms with van der Waals surface area (Å²) in [6.07, 6.45) is 1.06. The summed E-state index contributed by atoms with van der Waals surface area (Å²) in [5.41, 5.74) is -0.0556. The summed E-state index contributed by atoms with van der Waals surface area (Å²) in [6, 6.07) is 1.26. The van der Waals surface area contributed by atoms with Crippen LogP contribution in [0, 0.1) is 17.0 Å². The summed E-state index contributed by atoms with van der Waals surface area (Å²) >= 11 is 0. The van der Waals surface area contributed by atoms with Crippen molar-refractivity contribution < 1.29 is 9.34 Å². The SMILES string of the molecule is [CH2]c1cc([N+](=O)[O-])co1. The van der Waals surface area contributed by atoms with Gasteiger partial charge in [-0.05, 0) is 0 Å². The Labute approximate surface area is 51.2 Å². The molecular formula is C5H4NO3. The topological polar surface area (TPSA) is 56.3 Å². The molecule has 0 N–H and O–H groups in total. The van der Waals surface area contributed by atoms with Crippen LogP contribution in [0.1, 0.15) is 5.76 Å². The summed E-state index contributed by atoms with van der Waals surface area (Å²) in [7, 11) is 0. The Hall–Kier alpha value is -1.32. The Kier molecular flexibility index (Phi) is 1.22. The van der Waals surface area contributed by atoms with E-state index in [1.807, 2.05) is 0 Å². The Balaban J connectivity index is 2.98. The zero-order valence-corrected chi connectivity index (χ0v) is 4.53. The monoisotopic (exact) mass is 126 g/mol. The van der Waals surface area contributed by atoms with Crippen molar-refractivity contribution in [3.63, 3.8) is 0 Å². The average Bonchev–Trinajstić information content (AvgIpc) is 2.14. The van der Waals surface area contributed by atoms with Crippen LogP contribution in [-0.2, 0) is 0 Å². The molecule has 47 valence electrons. The minimum atomic E-state index is -0.530. The van der Waals surface area contributed by atoms with Gasteiger partial charge in [0.1, 0.15) is 5.76 Å². The highest BCUT2D eigenvalue weighted by Gasteiger charge is 2.06. The molecule has 4 nitrogen and oxygen atoms in total. The lowest BCUT2D eigenvalue weighted by Gasteiger charge is -1.76. The fourth-order valence-electron chi connectivity index (χ4n) is 0.465. The van der Waals surface area contributed by atoms with Crippen LogP contribution in [0.4, 0.5) is 5.69 Å². The highest BCUT2D eigenvalue weighted by atomic mass is 16.6. The van der Waals surface area contributed by atoms with Crippen molar-refractivity contribution in [1.29, 1.82) is 0 Å². The van der Waals surface area contributed by atoms with Gasteiger partial charge in [0.2, 0.25) is 0 Å². The molecule has 0 unspecified atom stereocenters. The van der Waals surface area contributed by atoms with Crippen LogP contribution in [0.3, 0.4) is 0 Å². The lowest BCUT2D eigenvalue weighted by molar-refractivity contribution is -0.385. The Morgan fingerprint density at radius 3 is 2.67 bits per heavy atom. The van der Waals surface area contributed by atoms with Crippen LogP contribution < -0.4 is 0 Å². The van der Waals surface area contributed by atoms with Gasteiger partial charge in [-0.3, -0.25) is 10.1 Å². The van der Waals surface area contributed by atoms with E-state index < -0.39 is 4.92 Å². The molecule has 0 aliphatic heterocycles. The molecule has 0 aliphatic carbocycles. The van der Waals surface area contributed by atoms with Crippen LogP contribution in [0.15, 0.2) is 16.7 Å². The summed E-state index contributed by atoms with van der Waals surface area (Å²) in [4.78, 5) is 9.40. The van der Waals surface area contributed by atoms with Gasteiger partial charge in [0.25, 0.3) is 0 Å². The highest BCUT2D eigenvalue weighted by molar-refractivity contribution is 5.27. The minimum Gasteiger partial charge on any atom is -0.462 e. The standard InChI is InChI=1S/C5H4NO3/c1-4-2-5(3-9-4)6(7)8/h2-3H,1H2. The van der Waals surface area contributed by atoms with Crippen molar-refractivity contribution in [1.82, 2.24) is 0 Å². The third-order valence-corrected chi connectivity index (χ3v) is 0.851. The van der Waals surface area contributed by atoms with E-state index in [1.54, 1.807) is 0 Å². The molecule has 0 aliphatic rings. The molecule has 0 fully saturated rings. The van der Waals surface area contributed by atoms with E-state index in [2.05, 4.69) is 11.3 Å². The van der Waals surface area contributed by atoms with Gasteiger partial charge in [-0.15, -0.1) is 0 Å². The van der Waals surface area contributed by atoms with E-state index >= 15 is 0 Å². The third kappa shape index (κ3) is 1.07. The molecule has 0 amide bonds. The van der Waals surface area contributed by atoms with Crippen molar-refractivity contribution in [3.05, 3.63) is 35.1 Å². The second-order valence-electron chi connectivity index (χ2n) is 1.53. The molecule has 1 aromatic rings. The van der Waals surface area contributed by atoms with E-state index in [4.69, 9.17) is 0 Å². The van der Waals surface area contributed by atoms with E-state index in [1.165, 1.54) is 6.07 Å². The Morgan fingerprint density at radius 1 is 1.78 bits per heavy atom. The average molecular weight is 126 g/mol. The Morgan fingerprint density at radius 2 is 2.44 bits per heavy atom. The first-order valence-corrected chi connectivity index (χ1v) is 2.25. The molecule has 1 rings (SSSR count). The van der Waals surface area contributed by atoms with E-state index in [-0.39, 0.29) is 5.69 Å². The van der Waals surface area contributed by atoms with Crippen molar-refractivity contribution in [3.8, 4) is 0 Å². The molecule has 0 spiro atoms. The number of furan rings is 1. The van der Waals surface area contributed by atoms with E-state index in [9.17, 15) is 10.1 Å². The van der Waals surface area contributed by atoms with Gasteiger partial charge in [-0.25, -0.2) is 0 Å². The van der Waals surface area contributed by atoms with Crippen molar-refractivity contribution >= 4 is 5.69 Å². The van der Waals surface area contributed by atoms with Gasteiger partial charge in [0.05, 0.1) is 11.0 Å². The third-order valence-electron chi connectivity index (χ3n) is 0.851.